The molecule has 0 bridgehead atoms. The molecule has 3 rings (SSSR count). The van der Waals surface area contributed by atoms with E-state index in [1.54, 1.807) is 19.4 Å². The summed E-state index contributed by atoms with van der Waals surface area (Å²) in [5.74, 6) is 0.328. The maximum atomic E-state index is 12.6. The molecule has 3 N–H and O–H groups in total. The Balaban J connectivity index is 1.56. The van der Waals surface area contributed by atoms with E-state index in [2.05, 4.69) is 10.3 Å². The van der Waals surface area contributed by atoms with Gasteiger partial charge in [-0.15, -0.1) is 0 Å². The lowest BCUT2D eigenvalue weighted by Crippen LogP contribution is -2.43. The Bertz CT molecular complexity index is 816. The van der Waals surface area contributed by atoms with Crippen molar-refractivity contribution in [2.24, 2.45) is 5.73 Å². The van der Waals surface area contributed by atoms with Crippen LogP contribution in [0, 0.1) is 0 Å². The highest BCUT2D eigenvalue weighted by Crippen LogP contribution is 2.22. The number of amides is 2. The summed E-state index contributed by atoms with van der Waals surface area (Å²) in [7, 11) is 1.61. The van der Waals surface area contributed by atoms with Crippen molar-refractivity contribution in [2.75, 3.05) is 25.5 Å². The summed E-state index contributed by atoms with van der Waals surface area (Å²) in [4.78, 5) is 30.0. The number of piperidine rings is 1. The van der Waals surface area contributed by atoms with E-state index in [0.29, 0.717) is 30.8 Å². The van der Waals surface area contributed by atoms with Gasteiger partial charge < -0.3 is 20.7 Å². The molecule has 27 heavy (non-hydrogen) atoms. The first-order valence-corrected chi connectivity index (χ1v) is 8.98. The van der Waals surface area contributed by atoms with E-state index >= 15 is 0 Å². The molecule has 142 valence electrons. The van der Waals surface area contributed by atoms with Crippen LogP contribution in [0.5, 0.6) is 5.75 Å². The minimum absolute atomic E-state index is 0.0969. The highest BCUT2D eigenvalue weighted by molar-refractivity contribution is 5.98. The zero-order valence-electron chi connectivity index (χ0n) is 15.4. The molecule has 0 saturated carbocycles. The van der Waals surface area contributed by atoms with Crippen molar-refractivity contribution >= 4 is 17.5 Å². The predicted octanol–water partition coefficient (Wildman–Crippen LogP) is 1.83. The van der Waals surface area contributed by atoms with Gasteiger partial charge in [0.15, 0.2) is 0 Å². The lowest BCUT2D eigenvalue weighted by Gasteiger charge is -2.33. The number of primary amides is 1. The summed E-state index contributed by atoms with van der Waals surface area (Å²) in [6.07, 6.45) is 5.03. The van der Waals surface area contributed by atoms with Crippen molar-refractivity contribution in [3.63, 3.8) is 0 Å². The van der Waals surface area contributed by atoms with Gasteiger partial charge in [-0.2, -0.15) is 0 Å². The molecule has 7 nitrogen and oxygen atoms in total. The minimum atomic E-state index is -0.505. The lowest BCUT2D eigenvalue weighted by molar-refractivity contribution is -0.131. The van der Waals surface area contributed by atoms with Gasteiger partial charge in [-0.1, -0.05) is 18.2 Å². The Morgan fingerprint density at radius 3 is 2.70 bits per heavy atom. The number of methoxy groups -OCH3 is 1. The monoisotopic (exact) mass is 368 g/mol. The van der Waals surface area contributed by atoms with Gasteiger partial charge in [0.1, 0.15) is 5.75 Å². The Hall–Kier alpha value is -3.09. The van der Waals surface area contributed by atoms with Crippen LogP contribution in [0.3, 0.4) is 0 Å². The smallest absolute Gasteiger partial charge is 0.252 e. The molecule has 2 amide bonds. The van der Waals surface area contributed by atoms with Crippen LogP contribution in [0.25, 0.3) is 0 Å². The number of hydrogen-bond donors (Lipinski definition) is 2. The average molecular weight is 368 g/mol. The Morgan fingerprint density at radius 2 is 2.00 bits per heavy atom. The quantitative estimate of drug-likeness (QED) is 0.811. The predicted molar refractivity (Wildman–Crippen MR) is 103 cm³/mol. The van der Waals surface area contributed by atoms with Gasteiger partial charge in [-0.05, 0) is 25.0 Å². The number of nitrogens with zero attached hydrogens (tertiary/aromatic N) is 2. The second kappa shape index (κ2) is 8.53. The zero-order valence-corrected chi connectivity index (χ0v) is 15.4. The number of pyridine rings is 1. The first kappa shape index (κ1) is 18.7. The van der Waals surface area contributed by atoms with Crippen LogP contribution in [0.2, 0.25) is 0 Å². The SMILES string of the molecule is COc1ccccc1CC(=O)N1CCC(Nc2ccncc2C(N)=O)CC1. The van der Waals surface area contributed by atoms with Crippen LogP contribution in [-0.2, 0) is 11.2 Å². The largest absolute Gasteiger partial charge is 0.496 e. The molecular formula is C20H24N4O3. The van der Waals surface area contributed by atoms with Crippen molar-refractivity contribution in [1.29, 1.82) is 0 Å². The van der Waals surface area contributed by atoms with E-state index in [9.17, 15) is 9.59 Å². The van der Waals surface area contributed by atoms with Crippen molar-refractivity contribution in [3.05, 3.63) is 53.9 Å². The molecule has 1 saturated heterocycles. The van der Waals surface area contributed by atoms with Gasteiger partial charge in [0.25, 0.3) is 5.91 Å². The molecule has 2 heterocycles. The van der Waals surface area contributed by atoms with Crippen molar-refractivity contribution < 1.29 is 14.3 Å². The van der Waals surface area contributed by atoms with Crippen molar-refractivity contribution in [2.45, 2.75) is 25.3 Å². The number of carbonyl (C=O) groups is 2. The molecule has 0 atom stereocenters. The molecular weight excluding hydrogens is 344 g/mol. The summed E-state index contributed by atoms with van der Waals surface area (Å²) >= 11 is 0. The van der Waals surface area contributed by atoms with Crippen LogP contribution >= 0.6 is 0 Å². The number of nitrogens with one attached hydrogen (secondary N) is 1. The van der Waals surface area contributed by atoms with Crippen LogP contribution < -0.4 is 15.8 Å². The maximum Gasteiger partial charge on any atom is 0.252 e. The number of nitrogens with two attached hydrogens (primary N) is 1. The molecule has 0 spiro atoms. The number of aromatic nitrogens is 1. The second-order valence-electron chi connectivity index (χ2n) is 6.57. The number of benzene rings is 1. The van der Waals surface area contributed by atoms with E-state index < -0.39 is 5.91 Å². The number of carbonyl (C=O) groups excluding carboxylic acids is 2. The van der Waals surface area contributed by atoms with E-state index in [1.807, 2.05) is 29.2 Å². The van der Waals surface area contributed by atoms with Crippen LogP contribution in [-0.4, -0.2) is 47.9 Å². The van der Waals surface area contributed by atoms with Crippen LogP contribution in [0.15, 0.2) is 42.7 Å². The highest BCUT2D eigenvalue weighted by atomic mass is 16.5. The van der Waals surface area contributed by atoms with Crippen LogP contribution in [0.1, 0.15) is 28.8 Å². The first-order chi connectivity index (χ1) is 13.1. The minimum Gasteiger partial charge on any atom is -0.496 e. The third-order valence-corrected chi connectivity index (χ3v) is 4.83. The fourth-order valence-electron chi connectivity index (χ4n) is 3.33. The van der Waals surface area contributed by atoms with Gasteiger partial charge in [-0.25, -0.2) is 0 Å². The fourth-order valence-corrected chi connectivity index (χ4v) is 3.33. The fraction of sp³-hybridized carbons (Fsp3) is 0.350. The molecule has 2 aromatic rings. The molecule has 1 aromatic heterocycles. The third-order valence-electron chi connectivity index (χ3n) is 4.83. The summed E-state index contributed by atoms with van der Waals surface area (Å²) in [6, 6.07) is 9.51. The molecule has 1 aliphatic heterocycles. The summed E-state index contributed by atoms with van der Waals surface area (Å²) in [5, 5.41) is 3.36. The van der Waals surface area contributed by atoms with E-state index in [4.69, 9.17) is 10.5 Å². The Morgan fingerprint density at radius 1 is 1.26 bits per heavy atom. The molecule has 7 heteroatoms. The second-order valence-corrected chi connectivity index (χ2v) is 6.57. The normalized spacial score (nSPS) is 14.6. The van der Waals surface area contributed by atoms with Gasteiger partial charge in [0.05, 0.1) is 24.8 Å². The van der Waals surface area contributed by atoms with E-state index in [-0.39, 0.29) is 11.9 Å². The summed E-state index contributed by atoms with van der Waals surface area (Å²) in [6.45, 7) is 1.34. The maximum absolute atomic E-state index is 12.6. The van der Waals surface area contributed by atoms with E-state index in [0.717, 1.165) is 24.2 Å². The van der Waals surface area contributed by atoms with Crippen LogP contribution in [0.4, 0.5) is 5.69 Å². The number of para-hydroxylation sites is 1. The van der Waals surface area contributed by atoms with Gasteiger partial charge in [0, 0.05) is 37.1 Å². The molecule has 0 aliphatic carbocycles. The Labute approximate surface area is 158 Å². The average Bonchev–Trinajstić information content (AvgIpc) is 2.69. The Kier molecular flexibility index (Phi) is 5.90. The zero-order chi connectivity index (χ0) is 19.2. The highest BCUT2D eigenvalue weighted by Gasteiger charge is 2.24. The molecule has 1 fully saturated rings. The number of anilines is 1. The van der Waals surface area contributed by atoms with Gasteiger partial charge in [0.2, 0.25) is 5.91 Å². The van der Waals surface area contributed by atoms with Gasteiger partial charge >= 0.3 is 0 Å². The van der Waals surface area contributed by atoms with E-state index in [1.165, 1.54) is 6.20 Å². The number of hydrogen-bond acceptors (Lipinski definition) is 5. The first-order valence-electron chi connectivity index (χ1n) is 8.98. The molecule has 0 unspecified atom stereocenters. The number of ether oxygens (including phenoxy) is 1. The third kappa shape index (κ3) is 4.55. The summed E-state index contributed by atoms with van der Waals surface area (Å²) < 4.78 is 5.32. The number of likely N-dealkylation sites (tertiary alicyclic amines) is 1. The number of rotatable bonds is 6. The summed E-state index contributed by atoms with van der Waals surface area (Å²) in [5.41, 5.74) is 7.37. The standard InChI is InChI=1S/C20H24N4O3/c1-27-18-5-3-2-4-14(18)12-19(25)24-10-7-15(8-11-24)23-17-6-9-22-13-16(17)20(21)26/h2-6,9,13,15H,7-8,10-12H2,1H3,(H2,21,26)(H,22,23). The topological polar surface area (TPSA) is 97.6 Å². The molecule has 1 aromatic carbocycles. The van der Waals surface area contributed by atoms with Crippen molar-refractivity contribution in [1.82, 2.24) is 9.88 Å². The molecule has 0 radical (unpaired) electrons. The van der Waals surface area contributed by atoms with Gasteiger partial charge in [-0.3, -0.25) is 14.6 Å². The lowest BCUT2D eigenvalue weighted by atomic mass is 10.0. The van der Waals surface area contributed by atoms with Crippen molar-refractivity contribution in [3.8, 4) is 5.75 Å². The molecule has 1 aliphatic rings.